The van der Waals surface area contributed by atoms with Crippen LogP contribution in [0.4, 0.5) is 0 Å². The second-order valence-electron chi connectivity index (χ2n) is 10.9. The normalized spacial score (nSPS) is 38.8. The largest absolute Gasteiger partial charge is 0.390 e. The van der Waals surface area contributed by atoms with E-state index in [1.165, 1.54) is 37.7 Å². The Balaban J connectivity index is 1.70. The van der Waals surface area contributed by atoms with Crippen LogP contribution in [-0.4, -0.2) is 33.5 Å². The lowest BCUT2D eigenvalue weighted by atomic mass is 9.60. The molecule has 2 saturated carbocycles. The minimum atomic E-state index is -1.12. The Morgan fingerprint density at radius 1 is 1.27 bits per heavy atom. The zero-order valence-electron chi connectivity index (χ0n) is 19.4. The zero-order valence-corrected chi connectivity index (χ0v) is 19.4. The zero-order chi connectivity index (χ0) is 22.1. The van der Waals surface area contributed by atoms with Crippen LogP contribution in [0.5, 0.6) is 0 Å². The lowest BCUT2D eigenvalue weighted by molar-refractivity contribution is -0.199. The molecule has 3 aliphatic rings. The summed E-state index contributed by atoms with van der Waals surface area (Å²) in [6, 6.07) is 0. The summed E-state index contributed by atoms with van der Waals surface area (Å²) in [5.41, 5.74) is 2.75. The summed E-state index contributed by atoms with van der Waals surface area (Å²) in [5.74, 6) is 2.04. The van der Waals surface area contributed by atoms with Crippen LogP contribution in [0.1, 0.15) is 85.5 Å². The molecule has 0 aromatic heterocycles. The third kappa shape index (κ3) is 5.27. The topological polar surface area (TPSA) is 69.9 Å². The highest BCUT2D eigenvalue weighted by molar-refractivity contribution is 5.37. The smallest absolute Gasteiger partial charge is 0.183 e. The fourth-order valence-corrected chi connectivity index (χ4v) is 6.41. The van der Waals surface area contributed by atoms with E-state index in [0.717, 1.165) is 30.8 Å². The molecule has 1 saturated heterocycles. The van der Waals surface area contributed by atoms with Gasteiger partial charge in [0.15, 0.2) is 12.6 Å². The van der Waals surface area contributed by atoms with Crippen molar-refractivity contribution in [1.29, 1.82) is 0 Å². The predicted octanol–water partition coefficient (Wildman–Crippen LogP) is 5.25. The Morgan fingerprint density at radius 3 is 2.70 bits per heavy atom. The van der Waals surface area contributed by atoms with Crippen molar-refractivity contribution in [2.45, 2.75) is 104 Å². The molecular weight excluding hydrogens is 376 g/mol. The second kappa shape index (κ2) is 9.28. The van der Waals surface area contributed by atoms with Gasteiger partial charge in [0.1, 0.15) is 0 Å². The van der Waals surface area contributed by atoms with E-state index in [-0.39, 0.29) is 0 Å². The van der Waals surface area contributed by atoms with Crippen molar-refractivity contribution in [3.63, 3.8) is 0 Å². The molecule has 3 rings (SSSR count). The third-order valence-corrected chi connectivity index (χ3v) is 8.06. The van der Waals surface area contributed by atoms with Gasteiger partial charge < -0.3 is 20.1 Å². The quantitative estimate of drug-likeness (QED) is 0.551. The van der Waals surface area contributed by atoms with E-state index in [0.29, 0.717) is 29.2 Å². The van der Waals surface area contributed by atoms with Crippen molar-refractivity contribution in [3.8, 4) is 0 Å². The van der Waals surface area contributed by atoms with E-state index < -0.39 is 18.2 Å². The SMILES string of the molecule is C=C1C(=CC=C2CCC[C@@]3(C)C2CC[C@@H]3[C@H](C)CCCC(C)(C)O)C[C@@H](O)O[C@@H]1O. The van der Waals surface area contributed by atoms with Crippen LogP contribution >= 0.6 is 0 Å². The molecule has 4 heteroatoms. The molecule has 0 bridgehead atoms. The van der Waals surface area contributed by atoms with E-state index >= 15 is 0 Å². The van der Waals surface area contributed by atoms with Gasteiger partial charge in [0, 0.05) is 12.0 Å². The monoisotopic (exact) mass is 418 g/mol. The van der Waals surface area contributed by atoms with Gasteiger partial charge in [0.05, 0.1) is 5.60 Å². The van der Waals surface area contributed by atoms with Gasteiger partial charge in [-0.1, -0.05) is 51.0 Å². The van der Waals surface area contributed by atoms with E-state index in [4.69, 9.17) is 4.74 Å². The predicted molar refractivity (Wildman–Crippen MR) is 121 cm³/mol. The van der Waals surface area contributed by atoms with Gasteiger partial charge >= 0.3 is 0 Å². The molecular formula is C26H42O4. The van der Waals surface area contributed by atoms with Crippen molar-refractivity contribution < 1.29 is 20.1 Å². The number of rotatable bonds is 6. The van der Waals surface area contributed by atoms with Crippen molar-refractivity contribution in [3.05, 3.63) is 35.5 Å². The lowest BCUT2D eigenvalue weighted by Crippen LogP contribution is -2.36. The Hall–Kier alpha value is -0.940. The maximum atomic E-state index is 10.0. The molecule has 1 aliphatic heterocycles. The van der Waals surface area contributed by atoms with Crippen LogP contribution in [0.3, 0.4) is 0 Å². The van der Waals surface area contributed by atoms with Gasteiger partial charge in [-0.2, -0.15) is 0 Å². The first-order valence-electron chi connectivity index (χ1n) is 11.8. The standard InChI is InChI=1S/C26H42O4/c1-17(8-6-14-25(3,4)29)21-12-13-22-19(9-7-15-26(21,22)5)10-11-20-16-23(27)30-24(28)18(20)2/h10-11,17,21-24,27-29H,2,6-9,12-16H2,1,3-5H3/t17-,21-,22?,23+,24+,26-/m1/s1. The summed E-state index contributed by atoms with van der Waals surface area (Å²) in [6.07, 6.45) is 11.9. The molecule has 0 spiro atoms. The summed E-state index contributed by atoms with van der Waals surface area (Å²) >= 11 is 0. The van der Waals surface area contributed by atoms with Gasteiger partial charge in [0.2, 0.25) is 0 Å². The first-order valence-corrected chi connectivity index (χ1v) is 11.8. The van der Waals surface area contributed by atoms with Gasteiger partial charge in [-0.25, -0.2) is 0 Å². The molecule has 1 unspecified atom stereocenters. The van der Waals surface area contributed by atoms with Crippen LogP contribution in [-0.2, 0) is 4.74 Å². The van der Waals surface area contributed by atoms with E-state index in [1.807, 2.05) is 13.8 Å². The number of allylic oxidation sites excluding steroid dienone is 3. The fraction of sp³-hybridized carbons (Fsp3) is 0.769. The highest BCUT2D eigenvalue weighted by Gasteiger charge is 2.50. The van der Waals surface area contributed by atoms with Crippen molar-refractivity contribution in [2.24, 2.45) is 23.2 Å². The first kappa shape index (κ1) is 23.7. The average molecular weight is 419 g/mol. The highest BCUT2D eigenvalue weighted by atomic mass is 16.7. The average Bonchev–Trinajstić information content (AvgIpc) is 3.00. The molecule has 0 aromatic rings. The summed E-state index contributed by atoms with van der Waals surface area (Å²) in [7, 11) is 0. The molecule has 0 amide bonds. The number of hydrogen-bond donors (Lipinski definition) is 3. The van der Waals surface area contributed by atoms with Crippen molar-refractivity contribution in [2.75, 3.05) is 0 Å². The second-order valence-corrected chi connectivity index (χ2v) is 10.9. The molecule has 0 radical (unpaired) electrons. The maximum Gasteiger partial charge on any atom is 0.183 e. The maximum absolute atomic E-state index is 10.0. The summed E-state index contributed by atoms with van der Waals surface area (Å²) in [6.45, 7) is 12.7. The Labute approximate surface area is 182 Å². The lowest BCUT2D eigenvalue weighted by Gasteiger charge is -2.44. The first-order chi connectivity index (χ1) is 14.0. The van der Waals surface area contributed by atoms with Crippen molar-refractivity contribution in [1.82, 2.24) is 0 Å². The molecule has 2 aliphatic carbocycles. The van der Waals surface area contributed by atoms with Gasteiger partial charge in [0.25, 0.3) is 0 Å². The molecule has 1 heterocycles. The minimum Gasteiger partial charge on any atom is -0.390 e. The van der Waals surface area contributed by atoms with Gasteiger partial charge in [-0.3, -0.25) is 0 Å². The van der Waals surface area contributed by atoms with Crippen LogP contribution in [0, 0.1) is 23.2 Å². The minimum absolute atomic E-state index is 0.350. The molecule has 6 atom stereocenters. The number of ether oxygens (including phenoxy) is 1. The molecule has 3 fully saturated rings. The number of hydrogen-bond acceptors (Lipinski definition) is 4. The highest BCUT2D eigenvalue weighted by Crippen LogP contribution is 2.60. The summed E-state index contributed by atoms with van der Waals surface area (Å²) in [5, 5.41) is 29.7. The van der Waals surface area contributed by atoms with Crippen LogP contribution in [0.25, 0.3) is 0 Å². The Bertz CT molecular complexity index is 686. The van der Waals surface area contributed by atoms with E-state index in [2.05, 4.69) is 32.6 Å². The molecule has 170 valence electrons. The Kier molecular flexibility index (Phi) is 7.33. The molecule has 3 N–H and O–H groups in total. The van der Waals surface area contributed by atoms with Crippen LogP contribution in [0.15, 0.2) is 35.5 Å². The third-order valence-electron chi connectivity index (χ3n) is 8.06. The molecule has 0 aromatic carbocycles. The Morgan fingerprint density at radius 2 is 2.00 bits per heavy atom. The number of fused-ring (bicyclic) bond motifs is 1. The number of aliphatic hydroxyl groups excluding tert-OH is 2. The van der Waals surface area contributed by atoms with Gasteiger partial charge in [-0.15, -0.1) is 0 Å². The van der Waals surface area contributed by atoms with E-state index in [1.54, 1.807) is 0 Å². The molecule has 4 nitrogen and oxygen atoms in total. The number of aliphatic hydroxyl groups is 3. The van der Waals surface area contributed by atoms with Crippen LogP contribution < -0.4 is 0 Å². The summed E-state index contributed by atoms with van der Waals surface area (Å²) < 4.78 is 5.03. The summed E-state index contributed by atoms with van der Waals surface area (Å²) in [4.78, 5) is 0. The van der Waals surface area contributed by atoms with Crippen LogP contribution in [0.2, 0.25) is 0 Å². The van der Waals surface area contributed by atoms with Crippen molar-refractivity contribution >= 4 is 0 Å². The fourth-order valence-electron chi connectivity index (χ4n) is 6.41. The molecule has 30 heavy (non-hydrogen) atoms. The van der Waals surface area contributed by atoms with Gasteiger partial charge in [-0.05, 0) is 81.1 Å². The van der Waals surface area contributed by atoms with E-state index in [9.17, 15) is 15.3 Å².